The van der Waals surface area contributed by atoms with Crippen LogP contribution in [0.4, 0.5) is 0 Å². The summed E-state index contributed by atoms with van der Waals surface area (Å²) >= 11 is 14.6. The van der Waals surface area contributed by atoms with Crippen LogP contribution in [0.15, 0.2) is 16.6 Å². The van der Waals surface area contributed by atoms with Crippen molar-refractivity contribution in [3.63, 3.8) is 0 Å². The summed E-state index contributed by atoms with van der Waals surface area (Å²) < 4.78 is 0.617. The first-order chi connectivity index (χ1) is 5.15. The Morgan fingerprint density at radius 3 is 2.09 bits per heavy atom. The average Bonchev–Trinajstić information content (AvgIpc) is 1.99. The third-order valence-electron chi connectivity index (χ3n) is 1.14. The van der Waals surface area contributed by atoms with E-state index in [0.717, 1.165) is 0 Å². The van der Waals surface area contributed by atoms with Crippen LogP contribution in [0.25, 0.3) is 0 Å². The Morgan fingerprint density at radius 2 is 1.73 bits per heavy atom. The fourth-order valence-corrected chi connectivity index (χ4v) is 1.38. The fourth-order valence-electron chi connectivity index (χ4n) is 0.643. The van der Waals surface area contributed by atoms with Gasteiger partial charge in [0, 0.05) is 5.56 Å². The quantitative estimate of drug-likeness (QED) is 0.553. The lowest BCUT2D eigenvalue weighted by Gasteiger charge is -1.98. The van der Waals surface area contributed by atoms with Crippen LogP contribution in [0, 0.1) is 0 Å². The number of halogens is 3. The molecule has 0 unspecified atom stereocenters. The summed E-state index contributed by atoms with van der Waals surface area (Å²) in [4.78, 5) is 10.3. The lowest BCUT2D eigenvalue weighted by Crippen LogP contribution is -1.80. The third-order valence-corrected chi connectivity index (χ3v) is 3.05. The summed E-state index contributed by atoms with van der Waals surface area (Å²) in [6.07, 6.45) is 0.699. The highest BCUT2D eigenvalue weighted by Gasteiger charge is 2.03. The highest BCUT2D eigenvalue weighted by molar-refractivity contribution is 9.10. The van der Waals surface area contributed by atoms with Crippen molar-refractivity contribution in [2.75, 3.05) is 0 Å². The summed E-state index contributed by atoms with van der Waals surface area (Å²) in [5.41, 5.74) is 0.475. The van der Waals surface area contributed by atoms with E-state index >= 15 is 0 Å². The van der Waals surface area contributed by atoms with Gasteiger partial charge in [-0.25, -0.2) is 0 Å². The second-order valence-corrected chi connectivity index (χ2v) is 3.52. The molecule has 1 aromatic rings. The Bertz CT molecular complexity index is 275. The van der Waals surface area contributed by atoms with Gasteiger partial charge < -0.3 is 0 Å². The average molecular weight is 254 g/mol. The number of benzene rings is 1. The fraction of sp³-hybridized carbons (Fsp3) is 0. The Morgan fingerprint density at radius 1 is 1.27 bits per heavy atom. The van der Waals surface area contributed by atoms with Gasteiger partial charge in [0.25, 0.3) is 0 Å². The monoisotopic (exact) mass is 252 g/mol. The molecule has 1 aromatic carbocycles. The van der Waals surface area contributed by atoms with E-state index in [-0.39, 0.29) is 0 Å². The minimum Gasteiger partial charge on any atom is -0.298 e. The van der Waals surface area contributed by atoms with Gasteiger partial charge >= 0.3 is 0 Å². The molecule has 0 amide bonds. The molecule has 0 heterocycles. The van der Waals surface area contributed by atoms with E-state index in [9.17, 15) is 4.79 Å². The molecule has 0 saturated heterocycles. The predicted octanol–water partition coefficient (Wildman–Crippen LogP) is 3.57. The van der Waals surface area contributed by atoms with E-state index in [1.807, 2.05) is 0 Å². The third kappa shape index (κ3) is 1.95. The van der Waals surface area contributed by atoms with Crippen LogP contribution < -0.4 is 0 Å². The van der Waals surface area contributed by atoms with Crippen molar-refractivity contribution in [3.8, 4) is 0 Å². The maximum Gasteiger partial charge on any atom is 0.150 e. The minimum absolute atomic E-state index is 0.444. The smallest absolute Gasteiger partial charge is 0.150 e. The maximum absolute atomic E-state index is 10.3. The van der Waals surface area contributed by atoms with E-state index in [2.05, 4.69) is 15.9 Å². The molecule has 0 bridgehead atoms. The molecule has 0 spiro atoms. The molecule has 58 valence electrons. The van der Waals surface area contributed by atoms with Gasteiger partial charge in [-0.2, -0.15) is 0 Å². The van der Waals surface area contributed by atoms with Crippen molar-refractivity contribution in [2.24, 2.45) is 0 Å². The van der Waals surface area contributed by atoms with E-state index in [4.69, 9.17) is 23.2 Å². The van der Waals surface area contributed by atoms with Gasteiger partial charge in [0.1, 0.15) is 6.29 Å². The predicted molar refractivity (Wildman–Crippen MR) is 49.5 cm³/mol. The number of aldehydes is 1. The van der Waals surface area contributed by atoms with Crippen molar-refractivity contribution in [1.82, 2.24) is 0 Å². The Balaban J connectivity index is 3.31. The first-order valence-electron chi connectivity index (χ1n) is 2.75. The van der Waals surface area contributed by atoms with Gasteiger partial charge in [-0.15, -0.1) is 0 Å². The molecule has 0 radical (unpaired) electrons. The molecule has 11 heavy (non-hydrogen) atoms. The van der Waals surface area contributed by atoms with E-state index in [1.54, 1.807) is 12.1 Å². The number of carbonyl (C=O) groups is 1. The molecular weight excluding hydrogens is 251 g/mol. The zero-order valence-electron chi connectivity index (χ0n) is 5.27. The number of hydrogen-bond donors (Lipinski definition) is 0. The van der Waals surface area contributed by atoms with E-state index in [1.165, 1.54) is 0 Å². The molecule has 0 atom stereocenters. The van der Waals surface area contributed by atoms with Crippen LogP contribution in [-0.2, 0) is 0 Å². The van der Waals surface area contributed by atoms with Crippen LogP contribution >= 0.6 is 39.1 Å². The zero-order chi connectivity index (χ0) is 8.43. The molecular formula is C7H3BrCl2O. The number of carbonyl (C=O) groups excluding carboxylic acids is 1. The molecule has 1 nitrogen and oxygen atoms in total. The van der Waals surface area contributed by atoms with Crippen LogP contribution in [0.2, 0.25) is 10.0 Å². The van der Waals surface area contributed by atoms with Crippen molar-refractivity contribution < 1.29 is 4.79 Å². The maximum atomic E-state index is 10.3. The van der Waals surface area contributed by atoms with E-state index in [0.29, 0.717) is 26.4 Å². The molecule has 0 aliphatic heterocycles. The normalized spacial score (nSPS) is 9.73. The molecule has 0 aliphatic rings. The van der Waals surface area contributed by atoms with Crippen molar-refractivity contribution >= 4 is 45.4 Å². The molecule has 0 saturated carbocycles. The molecule has 0 N–H and O–H groups in total. The highest BCUT2D eigenvalue weighted by atomic mass is 79.9. The molecule has 0 fully saturated rings. The molecule has 0 aromatic heterocycles. The van der Waals surface area contributed by atoms with E-state index < -0.39 is 0 Å². The summed E-state index contributed by atoms with van der Waals surface area (Å²) in [6.45, 7) is 0. The standard InChI is InChI=1S/C7H3BrCl2O/c8-7-5(9)1-4(3-11)2-6(7)10/h1-3H. The van der Waals surface area contributed by atoms with Crippen molar-refractivity contribution in [3.05, 3.63) is 32.2 Å². The summed E-state index contributed by atoms with van der Waals surface area (Å²) in [7, 11) is 0. The van der Waals surface area contributed by atoms with Crippen molar-refractivity contribution in [2.45, 2.75) is 0 Å². The first kappa shape index (κ1) is 9.04. The lowest BCUT2D eigenvalue weighted by atomic mass is 10.2. The van der Waals surface area contributed by atoms with Crippen LogP contribution in [0.1, 0.15) is 10.4 Å². The Kier molecular flexibility index (Phi) is 2.93. The van der Waals surface area contributed by atoms with Gasteiger partial charge in [-0.1, -0.05) is 23.2 Å². The second kappa shape index (κ2) is 3.57. The number of hydrogen-bond acceptors (Lipinski definition) is 1. The van der Waals surface area contributed by atoms with Crippen LogP contribution in [0.5, 0.6) is 0 Å². The summed E-state index contributed by atoms with van der Waals surface area (Å²) in [5.74, 6) is 0. The topological polar surface area (TPSA) is 17.1 Å². The van der Waals surface area contributed by atoms with Gasteiger partial charge in [0.2, 0.25) is 0 Å². The minimum atomic E-state index is 0.444. The highest BCUT2D eigenvalue weighted by Crippen LogP contribution is 2.30. The SMILES string of the molecule is O=Cc1cc(Cl)c(Br)c(Cl)c1. The van der Waals surface area contributed by atoms with Gasteiger partial charge in [-0.05, 0) is 28.1 Å². The van der Waals surface area contributed by atoms with Gasteiger partial charge in [0.05, 0.1) is 14.5 Å². The van der Waals surface area contributed by atoms with Gasteiger partial charge in [-0.3, -0.25) is 4.79 Å². The zero-order valence-corrected chi connectivity index (χ0v) is 8.37. The van der Waals surface area contributed by atoms with Crippen LogP contribution in [-0.4, -0.2) is 6.29 Å². The Labute approximate surface area is 82.4 Å². The second-order valence-electron chi connectivity index (χ2n) is 1.92. The lowest BCUT2D eigenvalue weighted by molar-refractivity contribution is 0.112. The summed E-state index contributed by atoms with van der Waals surface area (Å²) in [5, 5.41) is 0.888. The first-order valence-corrected chi connectivity index (χ1v) is 4.29. The largest absolute Gasteiger partial charge is 0.298 e. The van der Waals surface area contributed by atoms with Crippen molar-refractivity contribution in [1.29, 1.82) is 0 Å². The molecule has 0 aliphatic carbocycles. The van der Waals surface area contributed by atoms with Gasteiger partial charge in [0.15, 0.2) is 0 Å². The molecule has 4 heteroatoms. The molecule has 1 rings (SSSR count). The number of rotatable bonds is 1. The van der Waals surface area contributed by atoms with Crippen LogP contribution in [0.3, 0.4) is 0 Å². The Hall–Kier alpha value is -0.0500. The summed E-state index contributed by atoms with van der Waals surface area (Å²) in [6, 6.07) is 3.09.